The predicted octanol–water partition coefficient (Wildman–Crippen LogP) is 2.31. The predicted molar refractivity (Wildman–Crippen MR) is 80.1 cm³/mol. The number of urea groups is 1. The number of rotatable bonds is 3. The maximum Gasteiger partial charge on any atom is 0.322 e. The zero-order valence-corrected chi connectivity index (χ0v) is 12.3. The van der Waals surface area contributed by atoms with E-state index in [0.717, 1.165) is 18.5 Å². The summed E-state index contributed by atoms with van der Waals surface area (Å²) in [5.74, 6) is 0. The zero-order valence-electron chi connectivity index (χ0n) is 11.5. The van der Waals surface area contributed by atoms with Crippen LogP contribution in [-0.4, -0.2) is 43.3 Å². The average Bonchev–Trinajstić information content (AvgIpc) is 2.48. The van der Waals surface area contributed by atoms with Gasteiger partial charge in [0.15, 0.2) is 0 Å². The van der Waals surface area contributed by atoms with Gasteiger partial charge in [0.25, 0.3) is 0 Å². The molecule has 0 aromatic heterocycles. The molecule has 5 nitrogen and oxygen atoms in total. The number of hydrogen-bond donors (Lipinski definition) is 2. The Balaban J connectivity index is 1.99. The van der Waals surface area contributed by atoms with Gasteiger partial charge in [-0.05, 0) is 37.1 Å². The third-order valence-electron chi connectivity index (χ3n) is 3.63. The highest BCUT2D eigenvalue weighted by molar-refractivity contribution is 6.30. The van der Waals surface area contributed by atoms with Crippen molar-refractivity contribution in [3.05, 3.63) is 29.3 Å². The van der Waals surface area contributed by atoms with E-state index in [9.17, 15) is 4.79 Å². The van der Waals surface area contributed by atoms with E-state index in [0.29, 0.717) is 18.1 Å². The van der Waals surface area contributed by atoms with Crippen LogP contribution in [-0.2, 0) is 4.74 Å². The van der Waals surface area contributed by atoms with E-state index < -0.39 is 0 Å². The lowest BCUT2D eigenvalue weighted by Crippen LogP contribution is -2.52. The Kier molecular flexibility index (Phi) is 5.23. The molecule has 2 amide bonds. The molecule has 6 heteroatoms. The molecule has 0 radical (unpaired) electrons. The molecule has 0 bridgehead atoms. The molecule has 1 aliphatic rings. The Morgan fingerprint density at radius 1 is 1.50 bits per heavy atom. The highest BCUT2D eigenvalue weighted by Gasteiger charge is 2.30. The summed E-state index contributed by atoms with van der Waals surface area (Å²) in [7, 11) is 1.70. The number of carbonyl (C=O) groups excluding carboxylic acids is 1. The fourth-order valence-corrected chi connectivity index (χ4v) is 2.57. The molecule has 1 fully saturated rings. The van der Waals surface area contributed by atoms with Crippen LogP contribution in [0, 0.1) is 0 Å². The van der Waals surface area contributed by atoms with Gasteiger partial charge in [0.1, 0.15) is 0 Å². The molecular weight excluding hydrogens is 278 g/mol. The summed E-state index contributed by atoms with van der Waals surface area (Å²) < 4.78 is 5.35. The summed E-state index contributed by atoms with van der Waals surface area (Å²) in [5, 5.41) is 3.51. The Morgan fingerprint density at radius 2 is 2.20 bits per heavy atom. The number of nitrogens with two attached hydrogens (primary N) is 1. The van der Waals surface area contributed by atoms with Crippen molar-refractivity contribution in [2.75, 3.05) is 25.5 Å². The van der Waals surface area contributed by atoms with E-state index in [2.05, 4.69) is 5.32 Å². The van der Waals surface area contributed by atoms with Gasteiger partial charge in [-0.3, -0.25) is 0 Å². The second-order valence-corrected chi connectivity index (χ2v) is 5.34. The molecule has 1 aromatic carbocycles. The van der Waals surface area contributed by atoms with Crippen LogP contribution in [0.5, 0.6) is 0 Å². The van der Waals surface area contributed by atoms with Crippen LogP contribution < -0.4 is 11.1 Å². The number of carbonyl (C=O) groups is 1. The van der Waals surface area contributed by atoms with Crippen molar-refractivity contribution < 1.29 is 9.53 Å². The van der Waals surface area contributed by atoms with E-state index in [1.807, 2.05) is 0 Å². The summed E-state index contributed by atoms with van der Waals surface area (Å²) in [6, 6.07) is 6.93. The van der Waals surface area contributed by atoms with Gasteiger partial charge < -0.3 is 20.7 Å². The Morgan fingerprint density at radius 3 is 2.80 bits per heavy atom. The van der Waals surface area contributed by atoms with Crippen molar-refractivity contribution in [3.63, 3.8) is 0 Å². The molecule has 2 atom stereocenters. The van der Waals surface area contributed by atoms with Crippen LogP contribution in [0.1, 0.15) is 12.8 Å². The molecule has 20 heavy (non-hydrogen) atoms. The summed E-state index contributed by atoms with van der Waals surface area (Å²) in [5.41, 5.74) is 6.49. The number of benzene rings is 1. The lowest BCUT2D eigenvalue weighted by molar-refractivity contribution is 0.0292. The minimum absolute atomic E-state index is 0.0148. The Bertz CT molecular complexity index is 452. The van der Waals surface area contributed by atoms with Gasteiger partial charge in [-0.15, -0.1) is 0 Å². The number of ether oxygens (including phenoxy) is 1. The number of halogens is 1. The molecule has 110 valence electrons. The molecule has 3 N–H and O–H groups in total. The quantitative estimate of drug-likeness (QED) is 0.899. The summed E-state index contributed by atoms with van der Waals surface area (Å²) >= 11 is 5.82. The smallest absolute Gasteiger partial charge is 0.322 e. The normalized spacial score (nSPS) is 22.6. The lowest BCUT2D eigenvalue weighted by Gasteiger charge is -2.38. The number of anilines is 1. The first kappa shape index (κ1) is 15.1. The van der Waals surface area contributed by atoms with E-state index in [-0.39, 0.29) is 18.2 Å². The minimum atomic E-state index is -0.127. The molecule has 0 spiro atoms. The van der Waals surface area contributed by atoms with Crippen molar-refractivity contribution in [2.24, 2.45) is 5.73 Å². The third-order valence-corrected chi connectivity index (χ3v) is 3.88. The molecule has 1 heterocycles. The van der Waals surface area contributed by atoms with Gasteiger partial charge in [-0.2, -0.15) is 0 Å². The topological polar surface area (TPSA) is 67.6 Å². The molecule has 0 aliphatic carbocycles. The van der Waals surface area contributed by atoms with Crippen LogP contribution in [0.15, 0.2) is 24.3 Å². The van der Waals surface area contributed by atoms with Crippen LogP contribution in [0.4, 0.5) is 10.5 Å². The lowest BCUT2D eigenvalue weighted by atomic mass is 10.00. The number of nitrogens with zero attached hydrogens (tertiary/aromatic N) is 1. The first-order valence-electron chi connectivity index (χ1n) is 6.70. The molecular formula is C14H20ClN3O2. The Hall–Kier alpha value is -1.30. The van der Waals surface area contributed by atoms with Crippen LogP contribution in [0.2, 0.25) is 5.02 Å². The average molecular weight is 298 g/mol. The maximum absolute atomic E-state index is 12.3. The first-order valence-corrected chi connectivity index (χ1v) is 7.08. The van der Waals surface area contributed by atoms with Crippen LogP contribution in [0.3, 0.4) is 0 Å². The molecule has 1 saturated heterocycles. The van der Waals surface area contributed by atoms with E-state index in [1.165, 1.54) is 0 Å². The van der Waals surface area contributed by atoms with Gasteiger partial charge in [-0.1, -0.05) is 11.6 Å². The van der Waals surface area contributed by atoms with E-state index in [4.69, 9.17) is 22.1 Å². The zero-order chi connectivity index (χ0) is 14.5. The van der Waals surface area contributed by atoms with Gasteiger partial charge in [0, 0.05) is 37.0 Å². The highest BCUT2D eigenvalue weighted by Crippen LogP contribution is 2.21. The van der Waals surface area contributed by atoms with Gasteiger partial charge in [0.05, 0.1) is 6.10 Å². The molecule has 0 saturated carbocycles. The standard InChI is InChI=1S/C14H20ClN3O2/c1-20-13-6-7-18(12(8-13)9-16)14(19)17-11-4-2-10(15)3-5-11/h2-5,12-13H,6-9,16H2,1H3,(H,17,19). The number of piperidine rings is 1. The molecule has 1 aromatic rings. The fourth-order valence-electron chi connectivity index (χ4n) is 2.45. The van der Waals surface area contributed by atoms with Gasteiger partial charge >= 0.3 is 6.03 Å². The monoisotopic (exact) mass is 297 g/mol. The number of amides is 2. The summed E-state index contributed by atoms with van der Waals surface area (Å²) in [4.78, 5) is 14.1. The van der Waals surface area contributed by atoms with Crippen molar-refractivity contribution in [1.82, 2.24) is 4.90 Å². The van der Waals surface area contributed by atoms with Gasteiger partial charge in [-0.25, -0.2) is 4.79 Å². The SMILES string of the molecule is COC1CCN(C(=O)Nc2ccc(Cl)cc2)C(CN)C1. The van der Waals surface area contributed by atoms with Crippen molar-refractivity contribution in [2.45, 2.75) is 25.0 Å². The second-order valence-electron chi connectivity index (χ2n) is 4.90. The van der Waals surface area contributed by atoms with Crippen molar-refractivity contribution >= 4 is 23.3 Å². The highest BCUT2D eigenvalue weighted by atomic mass is 35.5. The van der Waals surface area contributed by atoms with Crippen LogP contribution >= 0.6 is 11.6 Å². The number of methoxy groups -OCH3 is 1. The third kappa shape index (κ3) is 3.62. The molecule has 2 rings (SSSR count). The largest absolute Gasteiger partial charge is 0.381 e. The first-order chi connectivity index (χ1) is 9.63. The maximum atomic E-state index is 12.3. The molecule has 2 unspecified atom stereocenters. The van der Waals surface area contributed by atoms with Crippen molar-refractivity contribution in [3.8, 4) is 0 Å². The number of hydrogen-bond acceptors (Lipinski definition) is 3. The number of likely N-dealkylation sites (tertiary alicyclic amines) is 1. The fraction of sp³-hybridized carbons (Fsp3) is 0.500. The minimum Gasteiger partial charge on any atom is -0.381 e. The number of nitrogens with one attached hydrogen (secondary N) is 1. The second kappa shape index (κ2) is 6.92. The summed E-state index contributed by atoms with van der Waals surface area (Å²) in [6.07, 6.45) is 1.80. The van der Waals surface area contributed by atoms with Crippen LogP contribution in [0.25, 0.3) is 0 Å². The summed E-state index contributed by atoms with van der Waals surface area (Å²) in [6.45, 7) is 1.09. The Labute approximate surface area is 124 Å². The van der Waals surface area contributed by atoms with Gasteiger partial charge in [0.2, 0.25) is 0 Å². The van der Waals surface area contributed by atoms with Crippen molar-refractivity contribution in [1.29, 1.82) is 0 Å². The van der Waals surface area contributed by atoms with E-state index in [1.54, 1.807) is 36.3 Å². The van der Waals surface area contributed by atoms with E-state index >= 15 is 0 Å². The molecule has 1 aliphatic heterocycles.